The molecule has 0 bridgehead atoms. The van der Waals surface area contributed by atoms with Crippen LogP contribution < -0.4 is 14.4 Å². The van der Waals surface area contributed by atoms with Gasteiger partial charge in [-0.15, -0.1) is 0 Å². The molecule has 0 saturated carbocycles. The molecule has 26 heavy (non-hydrogen) atoms. The molecule has 1 saturated heterocycles. The number of amides is 1. The molecule has 1 heterocycles. The van der Waals surface area contributed by atoms with Gasteiger partial charge in [0.15, 0.2) is 0 Å². The normalized spacial score (nSPS) is 14.6. The molecule has 0 atom stereocenters. The van der Waals surface area contributed by atoms with Crippen molar-refractivity contribution in [1.29, 1.82) is 0 Å². The summed E-state index contributed by atoms with van der Waals surface area (Å²) >= 11 is 0. The summed E-state index contributed by atoms with van der Waals surface area (Å²) in [6.45, 7) is 4.38. The molecule has 0 unspecified atom stereocenters. The van der Waals surface area contributed by atoms with Crippen LogP contribution in [-0.4, -0.2) is 28.0 Å². The molecule has 2 aromatic carbocycles. The summed E-state index contributed by atoms with van der Waals surface area (Å²) in [5.74, 6) is 0.346. The topological polar surface area (TPSA) is 75.7 Å². The maximum atomic E-state index is 12.8. The van der Waals surface area contributed by atoms with E-state index in [1.165, 1.54) is 7.11 Å². The van der Waals surface area contributed by atoms with Gasteiger partial charge in [-0.05, 0) is 55.7 Å². The van der Waals surface area contributed by atoms with Crippen molar-refractivity contribution < 1.29 is 17.9 Å². The predicted octanol–water partition coefficient (Wildman–Crippen LogP) is 3.24. The Morgan fingerprint density at radius 3 is 2.54 bits per heavy atom. The molecule has 0 aromatic heterocycles. The number of hydrogen-bond acceptors (Lipinski definition) is 4. The van der Waals surface area contributed by atoms with Gasteiger partial charge in [-0.1, -0.05) is 12.1 Å². The molecule has 1 aliphatic heterocycles. The van der Waals surface area contributed by atoms with Crippen LogP contribution in [0.5, 0.6) is 5.75 Å². The van der Waals surface area contributed by atoms with Crippen LogP contribution in [0.15, 0.2) is 41.3 Å². The van der Waals surface area contributed by atoms with Crippen molar-refractivity contribution in [1.82, 2.24) is 0 Å². The van der Waals surface area contributed by atoms with Crippen LogP contribution in [-0.2, 0) is 14.8 Å². The Hall–Kier alpha value is -2.54. The van der Waals surface area contributed by atoms with Crippen LogP contribution in [0.4, 0.5) is 11.4 Å². The molecule has 0 spiro atoms. The van der Waals surface area contributed by atoms with Crippen molar-refractivity contribution in [3.8, 4) is 5.75 Å². The Morgan fingerprint density at radius 1 is 1.12 bits per heavy atom. The number of nitrogens with zero attached hydrogens (tertiary/aromatic N) is 1. The van der Waals surface area contributed by atoms with E-state index in [2.05, 4.69) is 4.72 Å². The Labute approximate surface area is 153 Å². The van der Waals surface area contributed by atoms with E-state index in [4.69, 9.17) is 4.74 Å². The van der Waals surface area contributed by atoms with Gasteiger partial charge in [-0.25, -0.2) is 8.42 Å². The number of rotatable bonds is 5. The molecule has 1 fully saturated rings. The fourth-order valence-electron chi connectivity index (χ4n) is 3.07. The summed E-state index contributed by atoms with van der Waals surface area (Å²) in [5, 5.41) is 0. The van der Waals surface area contributed by atoms with Gasteiger partial charge < -0.3 is 9.64 Å². The van der Waals surface area contributed by atoms with E-state index >= 15 is 0 Å². The molecular weight excluding hydrogens is 352 g/mol. The SMILES string of the molecule is COc1ccc(C)cc1S(=O)(=O)Nc1ccc(C)c(N2CCCC2=O)c1. The lowest BCUT2D eigenvalue weighted by Gasteiger charge is -2.20. The van der Waals surface area contributed by atoms with Crippen LogP contribution >= 0.6 is 0 Å². The van der Waals surface area contributed by atoms with Gasteiger partial charge in [0.05, 0.1) is 12.8 Å². The molecule has 7 heteroatoms. The maximum Gasteiger partial charge on any atom is 0.265 e. The number of anilines is 2. The molecule has 138 valence electrons. The second-order valence-corrected chi connectivity index (χ2v) is 8.06. The third-order valence-electron chi connectivity index (χ3n) is 4.43. The number of ether oxygens (including phenoxy) is 1. The summed E-state index contributed by atoms with van der Waals surface area (Å²) in [4.78, 5) is 13.8. The van der Waals surface area contributed by atoms with Crippen molar-refractivity contribution in [3.63, 3.8) is 0 Å². The largest absolute Gasteiger partial charge is 0.495 e. The third kappa shape index (κ3) is 3.53. The van der Waals surface area contributed by atoms with Crippen molar-refractivity contribution in [2.45, 2.75) is 31.6 Å². The van der Waals surface area contributed by atoms with E-state index in [0.29, 0.717) is 18.7 Å². The Bertz CT molecular complexity index is 954. The lowest BCUT2D eigenvalue weighted by atomic mass is 10.1. The monoisotopic (exact) mass is 374 g/mol. The minimum absolute atomic E-state index is 0.0634. The van der Waals surface area contributed by atoms with Crippen molar-refractivity contribution in [3.05, 3.63) is 47.5 Å². The van der Waals surface area contributed by atoms with Gasteiger partial charge in [-0.2, -0.15) is 0 Å². The standard InChI is InChI=1S/C19H22N2O4S/c1-13-6-9-17(25-3)18(11-13)26(23,24)20-15-8-7-14(2)16(12-15)21-10-4-5-19(21)22/h6-9,11-12,20H,4-5,10H2,1-3H3. The second-order valence-electron chi connectivity index (χ2n) is 6.41. The van der Waals surface area contributed by atoms with Gasteiger partial charge in [0.2, 0.25) is 5.91 Å². The molecule has 2 aromatic rings. The second kappa shape index (κ2) is 6.99. The number of benzene rings is 2. The number of methoxy groups -OCH3 is 1. The molecule has 3 rings (SSSR count). The fraction of sp³-hybridized carbons (Fsp3) is 0.316. The lowest BCUT2D eigenvalue weighted by Crippen LogP contribution is -2.24. The van der Waals surface area contributed by atoms with Gasteiger partial charge in [0.25, 0.3) is 10.0 Å². The quantitative estimate of drug-likeness (QED) is 0.872. The summed E-state index contributed by atoms with van der Waals surface area (Å²) in [7, 11) is -2.39. The van der Waals surface area contributed by atoms with Crippen LogP contribution in [0.25, 0.3) is 0 Å². The highest BCUT2D eigenvalue weighted by atomic mass is 32.2. The molecule has 6 nitrogen and oxygen atoms in total. The van der Waals surface area contributed by atoms with E-state index < -0.39 is 10.0 Å². The average Bonchev–Trinajstić information content (AvgIpc) is 3.02. The first kappa shape index (κ1) is 18.3. The van der Waals surface area contributed by atoms with E-state index in [1.54, 1.807) is 35.2 Å². The van der Waals surface area contributed by atoms with E-state index in [-0.39, 0.29) is 16.6 Å². The number of nitrogens with one attached hydrogen (secondary N) is 1. The first-order valence-electron chi connectivity index (χ1n) is 8.40. The van der Waals surface area contributed by atoms with Crippen LogP contribution in [0.3, 0.4) is 0 Å². The van der Waals surface area contributed by atoms with Crippen molar-refractivity contribution in [2.24, 2.45) is 0 Å². The Morgan fingerprint density at radius 2 is 1.88 bits per heavy atom. The van der Waals surface area contributed by atoms with Crippen molar-refractivity contribution >= 4 is 27.3 Å². The highest BCUT2D eigenvalue weighted by Crippen LogP contribution is 2.31. The van der Waals surface area contributed by atoms with E-state index in [0.717, 1.165) is 23.2 Å². The summed E-state index contributed by atoms with van der Waals surface area (Å²) < 4.78 is 33.5. The smallest absolute Gasteiger partial charge is 0.265 e. The average molecular weight is 374 g/mol. The van der Waals surface area contributed by atoms with Crippen LogP contribution in [0.2, 0.25) is 0 Å². The van der Waals surface area contributed by atoms with Gasteiger partial charge in [-0.3, -0.25) is 9.52 Å². The Balaban J connectivity index is 1.96. The number of sulfonamides is 1. The zero-order chi connectivity index (χ0) is 18.9. The minimum Gasteiger partial charge on any atom is -0.495 e. The lowest BCUT2D eigenvalue weighted by molar-refractivity contribution is -0.117. The fourth-order valence-corrected chi connectivity index (χ4v) is 4.38. The highest BCUT2D eigenvalue weighted by Gasteiger charge is 2.24. The zero-order valence-electron chi connectivity index (χ0n) is 15.1. The molecule has 0 radical (unpaired) electrons. The third-order valence-corrected chi connectivity index (χ3v) is 5.84. The molecule has 1 N–H and O–H groups in total. The van der Waals surface area contributed by atoms with E-state index in [1.807, 2.05) is 19.9 Å². The zero-order valence-corrected chi connectivity index (χ0v) is 15.9. The van der Waals surface area contributed by atoms with Gasteiger partial charge >= 0.3 is 0 Å². The van der Waals surface area contributed by atoms with Crippen molar-refractivity contribution in [2.75, 3.05) is 23.3 Å². The first-order valence-corrected chi connectivity index (χ1v) is 9.88. The molecule has 0 aliphatic carbocycles. The number of carbonyl (C=O) groups is 1. The summed E-state index contributed by atoms with van der Waals surface area (Å²) in [5.41, 5.74) is 2.90. The van der Waals surface area contributed by atoms with Gasteiger partial charge in [0.1, 0.15) is 10.6 Å². The van der Waals surface area contributed by atoms with Gasteiger partial charge in [0, 0.05) is 18.7 Å². The van der Waals surface area contributed by atoms with Crippen LogP contribution in [0.1, 0.15) is 24.0 Å². The first-order chi connectivity index (χ1) is 12.3. The Kier molecular flexibility index (Phi) is 4.91. The minimum atomic E-state index is -3.82. The predicted molar refractivity (Wildman–Crippen MR) is 101 cm³/mol. The maximum absolute atomic E-state index is 12.8. The van der Waals surface area contributed by atoms with E-state index in [9.17, 15) is 13.2 Å². The number of hydrogen-bond donors (Lipinski definition) is 1. The molecule has 1 aliphatic rings. The number of aryl methyl sites for hydroxylation is 2. The molecular formula is C19H22N2O4S. The number of carbonyl (C=O) groups excluding carboxylic acids is 1. The molecule has 1 amide bonds. The van der Waals surface area contributed by atoms with Crippen LogP contribution in [0, 0.1) is 13.8 Å². The highest BCUT2D eigenvalue weighted by molar-refractivity contribution is 7.92. The summed E-state index contributed by atoms with van der Waals surface area (Å²) in [6.07, 6.45) is 1.34. The summed E-state index contributed by atoms with van der Waals surface area (Å²) in [6, 6.07) is 10.2.